The molecule has 204 valence electrons. The first kappa shape index (κ1) is 25.2. The summed E-state index contributed by atoms with van der Waals surface area (Å²) in [6, 6.07) is 8.04. The van der Waals surface area contributed by atoms with Gasteiger partial charge >= 0.3 is 0 Å². The van der Waals surface area contributed by atoms with Gasteiger partial charge in [-0.2, -0.15) is 0 Å². The molecule has 0 spiro atoms. The van der Waals surface area contributed by atoms with E-state index >= 15 is 0 Å². The smallest absolute Gasteiger partial charge is 0.220 e. The molecular formula is C31H33NO7. The number of piperidine rings is 1. The fourth-order valence-corrected chi connectivity index (χ4v) is 6.96. The highest BCUT2D eigenvalue weighted by molar-refractivity contribution is 6.05. The van der Waals surface area contributed by atoms with Gasteiger partial charge in [-0.15, -0.1) is 0 Å². The van der Waals surface area contributed by atoms with Gasteiger partial charge in [0.1, 0.15) is 5.75 Å². The summed E-state index contributed by atoms with van der Waals surface area (Å²) >= 11 is 0. The molecule has 0 aromatic heterocycles. The van der Waals surface area contributed by atoms with Gasteiger partial charge < -0.3 is 33.3 Å². The second-order valence-corrected chi connectivity index (χ2v) is 10.1. The van der Waals surface area contributed by atoms with E-state index in [4.69, 9.17) is 28.4 Å². The summed E-state index contributed by atoms with van der Waals surface area (Å²) in [6.07, 6.45) is 5.28. The molecule has 0 amide bonds. The average molecular weight is 532 g/mol. The third kappa shape index (κ3) is 3.61. The Kier molecular flexibility index (Phi) is 6.20. The first-order valence-corrected chi connectivity index (χ1v) is 13.1. The van der Waals surface area contributed by atoms with Crippen molar-refractivity contribution in [1.82, 2.24) is 4.90 Å². The number of carbonyl (C=O) groups is 1. The number of fused-ring (bicyclic) bond motifs is 2. The van der Waals surface area contributed by atoms with Crippen LogP contribution in [0.15, 0.2) is 59.0 Å². The number of nitrogens with zero attached hydrogens (tertiary/aromatic N) is 1. The van der Waals surface area contributed by atoms with Gasteiger partial charge in [-0.3, -0.25) is 4.79 Å². The molecule has 0 radical (unpaired) electrons. The van der Waals surface area contributed by atoms with E-state index in [2.05, 4.69) is 11.0 Å². The Labute approximate surface area is 228 Å². The predicted octanol–water partition coefficient (Wildman–Crippen LogP) is 5.05. The van der Waals surface area contributed by atoms with Crippen LogP contribution in [0.1, 0.15) is 47.4 Å². The normalized spacial score (nSPS) is 22.8. The molecule has 2 aliphatic carbocycles. The monoisotopic (exact) mass is 531 g/mol. The van der Waals surface area contributed by atoms with Crippen LogP contribution in [0.5, 0.6) is 28.7 Å². The lowest BCUT2D eigenvalue weighted by atomic mass is 9.63. The zero-order valence-electron chi connectivity index (χ0n) is 23.1. The van der Waals surface area contributed by atoms with Crippen molar-refractivity contribution < 1.29 is 33.2 Å². The zero-order valence-corrected chi connectivity index (χ0v) is 23.1. The number of benzene rings is 2. The molecule has 8 heteroatoms. The largest absolute Gasteiger partial charge is 0.496 e. The standard InChI is InChI=1S/C31H33NO7/c1-34-23-8-7-17-20-12-21(19-14-26(37-4)27(38-5)15-24(19)35-2)30(28(17)31(23)39-6)32-10-9-16-11-22(33)25(36-3)13-18(16)29(20)32/h7-8,11,13-15,20-21,30H,9-10,12H2,1-6H3/t20-,21-,30+/m1/s1. The van der Waals surface area contributed by atoms with Gasteiger partial charge in [0.25, 0.3) is 0 Å². The SMILES string of the molecule is COC1=CC2=C3[C@@H]4C[C@H](c5cc(OC)c(OC)cc5OC)[C@@H](c5c4ccc(OC)c5OC)N3CCC2=CC1=O. The van der Waals surface area contributed by atoms with E-state index in [0.717, 1.165) is 53.2 Å². The summed E-state index contributed by atoms with van der Waals surface area (Å²) in [5.74, 6) is 3.93. The van der Waals surface area contributed by atoms with Crippen LogP contribution >= 0.6 is 0 Å². The van der Waals surface area contributed by atoms with Crippen LogP contribution in [-0.4, -0.2) is 59.9 Å². The number of ether oxygens (including phenoxy) is 6. The third-order valence-electron chi connectivity index (χ3n) is 8.56. The highest BCUT2D eigenvalue weighted by Gasteiger charge is 2.52. The highest BCUT2D eigenvalue weighted by Crippen LogP contribution is 2.64. The number of carbonyl (C=O) groups excluding carboxylic acids is 1. The van der Waals surface area contributed by atoms with Crippen LogP contribution in [-0.2, 0) is 9.53 Å². The summed E-state index contributed by atoms with van der Waals surface area (Å²) in [5, 5.41) is 0. The van der Waals surface area contributed by atoms with Crippen LogP contribution < -0.4 is 23.7 Å². The lowest BCUT2D eigenvalue weighted by Gasteiger charge is -2.56. The molecule has 2 aromatic rings. The molecule has 0 unspecified atom stereocenters. The summed E-state index contributed by atoms with van der Waals surface area (Å²) < 4.78 is 34.4. The maximum atomic E-state index is 12.6. The van der Waals surface area contributed by atoms with E-state index < -0.39 is 0 Å². The van der Waals surface area contributed by atoms with E-state index in [-0.39, 0.29) is 23.7 Å². The Morgan fingerprint density at radius 1 is 0.769 bits per heavy atom. The van der Waals surface area contributed by atoms with Crippen LogP contribution in [0.3, 0.4) is 0 Å². The van der Waals surface area contributed by atoms with Crippen molar-refractivity contribution in [2.24, 2.45) is 0 Å². The summed E-state index contributed by atoms with van der Waals surface area (Å²) in [5.41, 5.74) is 6.80. The molecule has 3 heterocycles. The van der Waals surface area contributed by atoms with Crippen molar-refractivity contribution in [3.63, 3.8) is 0 Å². The molecule has 0 saturated carbocycles. The second-order valence-electron chi connectivity index (χ2n) is 10.1. The summed E-state index contributed by atoms with van der Waals surface area (Å²) in [6.45, 7) is 0.779. The summed E-state index contributed by atoms with van der Waals surface area (Å²) in [4.78, 5) is 15.1. The number of hydrogen-bond acceptors (Lipinski definition) is 8. The summed E-state index contributed by atoms with van der Waals surface area (Å²) in [7, 11) is 9.87. The molecule has 2 bridgehead atoms. The molecule has 2 aromatic carbocycles. The number of hydrogen-bond donors (Lipinski definition) is 0. The highest BCUT2D eigenvalue weighted by atomic mass is 16.5. The Hall–Kier alpha value is -4.07. The Morgan fingerprint density at radius 2 is 1.49 bits per heavy atom. The van der Waals surface area contributed by atoms with Crippen LogP contribution in [0.4, 0.5) is 0 Å². The Balaban J connectivity index is 1.61. The Bertz CT molecular complexity index is 1450. The van der Waals surface area contributed by atoms with E-state index in [1.807, 2.05) is 24.3 Å². The fraction of sp³-hybridized carbons (Fsp3) is 0.387. The van der Waals surface area contributed by atoms with Crippen molar-refractivity contribution in [2.45, 2.75) is 30.7 Å². The van der Waals surface area contributed by atoms with Crippen molar-refractivity contribution in [1.29, 1.82) is 0 Å². The molecule has 3 atom stereocenters. The molecule has 39 heavy (non-hydrogen) atoms. The van der Waals surface area contributed by atoms with Crippen LogP contribution in [0, 0.1) is 0 Å². The molecular weight excluding hydrogens is 498 g/mol. The quantitative estimate of drug-likeness (QED) is 0.491. The van der Waals surface area contributed by atoms with Gasteiger partial charge in [0, 0.05) is 46.8 Å². The van der Waals surface area contributed by atoms with Gasteiger partial charge in [-0.25, -0.2) is 0 Å². The molecule has 7 rings (SSSR count). The minimum atomic E-state index is -0.0778. The number of methoxy groups -OCH3 is 6. The number of ketones is 1. The van der Waals surface area contributed by atoms with Crippen LogP contribution in [0.25, 0.3) is 0 Å². The van der Waals surface area contributed by atoms with Crippen molar-refractivity contribution in [2.75, 3.05) is 49.2 Å². The van der Waals surface area contributed by atoms with Crippen molar-refractivity contribution >= 4 is 5.78 Å². The van der Waals surface area contributed by atoms with Gasteiger partial charge in [0.05, 0.1) is 48.7 Å². The second kappa shape index (κ2) is 9.59. The lowest BCUT2D eigenvalue weighted by Crippen LogP contribution is -2.47. The maximum absolute atomic E-state index is 12.6. The minimum Gasteiger partial charge on any atom is -0.496 e. The molecule has 1 fully saturated rings. The molecule has 1 saturated heterocycles. The topological polar surface area (TPSA) is 75.7 Å². The van der Waals surface area contributed by atoms with Crippen LogP contribution in [0.2, 0.25) is 0 Å². The fourth-order valence-electron chi connectivity index (χ4n) is 6.96. The maximum Gasteiger partial charge on any atom is 0.220 e. The molecule has 0 N–H and O–H groups in total. The minimum absolute atomic E-state index is 0.0527. The molecule has 3 aliphatic heterocycles. The van der Waals surface area contributed by atoms with Gasteiger partial charge in [0.2, 0.25) is 5.78 Å². The molecule has 5 aliphatic rings. The van der Waals surface area contributed by atoms with Gasteiger partial charge in [-0.1, -0.05) is 6.07 Å². The van der Waals surface area contributed by atoms with E-state index in [9.17, 15) is 4.79 Å². The van der Waals surface area contributed by atoms with Crippen molar-refractivity contribution in [3.05, 3.63) is 75.7 Å². The predicted molar refractivity (Wildman–Crippen MR) is 145 cm³/mol. The molecule has 8 nitrogen and oxygen atoms in total. The van der Waals surface area contributed by atoms with E-state index in [0.29, 0.717) is 23.0 Å². The van der Waals surface area contributed by atoms with Gasteiger partial charge in [-0.05, 0) is 48.3 Å². The zero-order chi connectivity index (χ0) is 27.4. The first-order valence-electron chi connectivity index (χ1n) is 13.1. The van der Waals surface area contributed by atoms with E-state index in [1.54, 1.807) is 48.7 Å². The van der Waals surface area contributed by atoms with Gasteiger partial charge in [0.15, 0.2) is 28.8 Å². The lowest BCUT2D eigenvalue weighted by molar-refractivity contribution is -0.114. The Morgan fingerprint density at radius 3 is 2.15 bits per heavy atom. The third-order valence-corrected chi connectivity index (χ3v) is 8.56. The number of allylic oxidation sites excluding steroid dienone is 4. The van der Waals surface area contributed by atoms with E-state index in [1.165, 1.54) is 11.3 Å². The van der Waals surface area contributed by atoms with Crippen molar-refractivity contribution in [3.8, 4) is 28.7 Å². The first-order chi connectivity index (χ1) is 19.0. The number of rotatable bonds is 7. The average Bonchev–Trinajstić information content (AvgIpc) is 2.98.